The second-order valence-corrected chi connectivity index (χ2v) is 7.68. The first-order valence-corrected chi connectivity index (χ1v) is 9.85. The Balaban J connectivity index is 2.03. The Labute approximate surface area is 158 Å². The second kappa shape index (κ2) is 6.83. The molecule has 6 heteroatoms. The zero-order valence-corrected chi connectivity index (χ0v) is 16.2. The minimum Gasteiger partial charge on any atom is -0.325 e. The van der Waals surface area contributed by atoms with Crippen LogP contribution in [-0.4, -0.2) is 18.7 Å². The van der Waals surface area contributed by atoms with Gasteiger partial charge in [0.25, 0.3) is 5.56 Å². The van der Waals surface area contributed by atoms with Gasteiger partial charge >= 0.3 is 5.69 Å². The van der Waals surface area contributed by atoms with Gasteiger partial charge in [-0.25, -0.2) is 14.3 Å². The Hall–Kier alpha value is -2.63. The van der Waals surface area contributed by atoms with E-state index in [1.54, 1.807) is 10.9 Å². The van der Waals surface area contributed by atoms with Crippen molar-refractivity contribution in [3.8, 4) is 5.69 Å². The third-order valence-electron chi connectivity index (χ3n) is 5.70. The van der Waals surface area contributed by atoms with Gasteiger partial charge in [0.15, 0.2) is 11.2 Å². The third kappa shape index (κ3) is 2.83. The summed E-state index contributed by atoms with van der Waals surface area (Å²) in [5.74, 6) is 0.419. The van der Waals surface area contributed by atoms with E-state index in [-0.39, 0.29) is 17.3 Å². The lowest BCUT2D eigenvalue weighted by Crippen LogP contribution is -2.41. The molecule has 2 aromatic heterocycles. The smallest absolute Gasteiger partial charge is 0.325 e. The molecule has 0 unspecified atom stereocenters. The van der Waals surface area contributed by atoms with Gasteiger partial charge in [-0.15, -0.1) is 0 Å². The van der Waals surface area contributed by atoms with Crippen molar-refractivity contribution in [1.82, 2.24) is 18.7 Å². The summed E-state index contributed by atoms with van der Waals surface area (Å²) in [7, 11) is 0. The van der Waals surface area contributed by atoms with Crippen molar-refractivity contribution in [2.24, 2.45) is 0 Å². The molecule has 4 rings (SSSR count). The molecule has 3 aromatic rings. The topological polar surface area (TPSA) is 61.8 Å². The Morgan fingerprint density at radius 3 is 2.37 bits per heavy atom. The molecule has 1 saturated carbocycles. The maximum atomic E-state index is 13.4. The van der Waals surface area contributed by atoms with Gasteiger partial charge < -0.3 is 4.57 Å². The summed E-state index contributed by atoms with van der Waals surface area (Å²) in [6.45, 7) is 6.90. The van der Waals surface area contributed by atoms with Gasteiger partial charge in [-0.05, 0) is 43.4 Å². The summed E-state index contributed by atoms with van der Waals surface area (Å²) in [5.41, 5.74) is 2.43. The van der Waals surface area contributed by atoms with Crippen LogP contribution in [0.2, 0.25) is 0 Å². The summed E-state index contributed by atoms with van der Waals surface area (Å²) in [6.07, 6.45) is 5.54. The zero-order chi connectivity index (χ0) is 19.1. The van der Waals surface area contributed by atoms with E-state index in [1.807, 2.05) is 35.8 Å². The van der Waals surface area contributed by atoms with Gasteiger partial charge in [-0.3, -0.25) is 9.36 Å². The first-order valence-electron chi connectivity index (χ1n) is 9.85. The molecule has 6 nitrogen and oxygen atoms in total. The van der Waals surface area contributed by atoms with Crippen LogP contribution in [0.25, 0.3) is 16.9 Å². The number of hydrogen-bond donors (Lipinski definition) is 0. The average molecular weight is 366 g/mol. The first kappa shape index (κ1) is 17.8. The van der Waals surface area contributed by atoms with E-state index in [2.05, 4.69) is 18.8 Å². The van der Waals surface area contributed by atoms with E-state index in [4.69, 9.17) is 0 Å². The third-order valence-corrected chi connectivity index (χ3v) is 5.70. The van der Waals surface area contributed by atoms with Gasteiger partial charge in [0.2, 0.25) is 0 Å². The average Bonchev–Trinajstić information content (AvgIpc) is 3.32. The molecule has 1 aliphatic rings. The maximum Gasteiger partial charge on any atom is 0.337 e. The number of imidazole rings is 1. The number of fused-ring (bicyclic) bond motifs is 1. The Morgan fingerprint density at radius 1 is 1.11 bits per heavy atom. The Bertz CT molecular complexity index is 1080. The lowest BCUT2D eigenvalue weighted by atomic mass is 10.0. The van der Waals surface area contributed by atoms with E-state index in [0.717, 1.165) is 31.4 Å². The number of aryl methyl sites for hydroxylation is 1. The summed E-state index contributed by atoms with van der Waals surface area (Å²) >= 11 is 0. The van der Waals surface area contributed by atoms with Crippen LogP contribution >= 0.6 is 0 Å². The van der Waals surface area contributed by atoms with Gasteiger partial charge in [-0.2, -0.15) is 0 Å². The van der Waals surface area contributed by atoms with Crippen LogP contribution in [0.5, 0.6) is 0 Å². The molecule has 0 N–H and O–H groups in total. The molecule has 1 fully saturated rings. The molecular formula is C21H26N4O2. The lowest BCUT2D eigenvalue weighted by Gasteiger charge is -2.17. The molecular weight excluding hydrogens is 340 g/mol. The van der Waals surface area contributed by atoms with Crippen LogP contribution in [0.1, 0.15) is 64.0 Å². The SMILES string of the molecule is CCn1cnc2c1c(=O)n(C1CCCC1)c(=O)n2-c1ccc(C(C)C)cc1. The molecule has 27 heavy (non-hydrogen) atoms. The van der Waals surface area contributed by atoms with E-state index >= 15 is 0 Å². The fourth-order valence-corrected chi connectivity index (χ4v) is 4.12. The van der Waals surface area contributed by atoms with Crippen molar-refractivity contribution < 1.29 is 0 Å². The molecule has 0 amide bonds. The first-order chi connectivity index (χ1) is 13.0. The molecule has 0 radical (unpaired) electrons. The van der Waals surface area contributed by atoms with Crippen LogP contribution < -0.4 is 11.2 Å². The monoisotopic (exact) mass is 366 g/mol. The van der Waals surface area contributed by atoms with Crippen LogP contribution in [-0.2, 0) is 6.54 Å². The number of benzene rings is 1. The Morgan fingerprint density at radius 2 is 1.78 bits per heavy atom. The maximum absolute atomic E-state index is 13.4. The molecule has 1 aliphatic carbocycles. The molecule has 2 heterocycles. The van der Waals surface area contributed by atoms with Gasteiger partial charge in [-0.1, -0.05) is 38.8 Å². The van der Waals surface area contributed by atoms with Crippen LogP contribution in [0.4, 0.5) is 0 Å². The summed E-state index contributed by atoms with van der Waals surface area (Å²) in [4.78, 5) is 31.0. The molecule has 0 aliphatic heterocycles. The van der Waals surface area contributed by atoms with Crippen LogP contribution in [0.15, 0.2) is 40.2 Å². The number of aromatic nitrogens is 4. The van der Waals surface area contributed by atoms with Gasteiger partial charge in [0.1, 0.15) is 0 Å². The molecule has 0 atom stereocenters. The predicted octanol–water partition coefficient (Wildman–Crippen LogP) is 3.61. The second-order valence-electron chi connectivity index (χ2n) is 7.68. The number of hydrogen-bond acceptors (Lipinski definition) is 3. The molecule has 0 spiro atoms. The molecule has 142 valence electrons. The predicted molar refractivity (Wildman–Crippen MR) is 107 cm³/mol. The van der Waals surface area contributed by atoms with E-state index in [0.29, 0.717) is 23.6 Å². The standard InChI is InChI=1S/C21H26N4O2/c1-4-23-13-22-19-18(23)20(26)25(16-7-5-6-8-16)21(27)24(19)17-11-9-15(10-12-17)14(2)3/h9-14,16H,4-8H2,1-3H3. The van der Waals surface area contributed by atoms with Crippen molar-refractivity contribution in [1.29, 1.82) is 0 Å². The van der Waals surface area contributed by atoms with E-state index in [1.165, 1.54) is 10.1 Å². The molecule has 0 saturated heterocycles. The van der Waals surface area contributed by atoms with E-state index < -0.39 is 0 Å². The van der Waals surface area contributed by atoms with Crippen molar-refractivity contribution >= 4 is 11.2 Å². The van der Waals surface area contributed by atoms with Crippen molar-refractivity contribution in [2.45, 2.75) is 65.0 Å². The van der Waals surface area contributed by atoms with E-state index in [9.17, 15) is 9.59 Å². The minimum absolute atomic E-state index is 0.0178. The van der Waals surface area contributed by atoms with Crippen LogP contribution in [0.3, 0.4) is 0 Å². The highest BCUT2D eigenvalue weighted by Crippen LogP contribution is 2.28. The number of nitrogens with zero attached hydrogens (tertiary/aromatic N) is 4. The summed E-state index contributed by atoms with van der Waals surface area (Å²) in [6, 6.07) is 7.96. The highest BCUT2D eigenvalue weighted by atomic mass is 16.2. The largest absolute Gasteiger partial charge is 0.337 e. The fourth-order valence-electron chi connectivity index (χ4n) is 4.12. The number of rotatable bonds is 4. The molecule has 0 bridgehead atoms. The highest BCUT2D eigenvalue weighted by molar-refractivity contribution is 5.72. The highest BCUT2D eigenvalue weighted by Gasteiger charge is 2.25. The van der Waals surface area contributed by atoms with Crippen molar-refractivity contribution in [3.05, 3.63) is 57.0 Å². The Kier molecular flexibility index (Phi) is 4.50. The fraction of sp³-hybridized carbons (Fsp3) is 0.476. The van der Waals surface area contributed by atoms with Gasteiger partial charge in [0.05, 0.1) is 12.0 Å². The van der Waals surface area contributed by atoms with Crippen LogP contribution in [0, 0.1) is 0 Å². The zero-order valence-electron chi connectivity index (χ0n) is 16.2. The quantitative estimate of drug-likeness (QED) is 0.709. The van der Waals surface area contributed by atoms with Crippen molar-refractivity contribution in [2.75, 3.05) is 0 Å². The minimum atomic E-state index is -0.280. The van der Waals surface area contributed by atoms with Gasteiger partial charge in [0, 0.05) is 12.6 Å². The summed E-state index contributed by atoms with van der Waals surface area (Å²) in [5, 5.41) is 0. The molecule has 1 aromatic carbocycles. The lowest BCUT2D eigenvalue weighted by molar-refractivity contribution is 0.474. The normalized spacial score (nSPS) is 15.3. The summed E-state index contributed by atoms with van der Waals surface area (Å²) < 4.78 is 4.91. The van der Waals surface area contributed by atoms with Crippen molar-refractivity contribution in [3.63, 3.8) is 0 Å².